The highest BCUT2D eigenvalue weighted by Crippen LogP contribution is 2.25. The minimum absolute atomic E-state index is 0.0321. The number of nitrogens with zero attached hydrogens (tertiary/aromatic N) is 4. The largest absolute Gasteiger partial charge is 0.478 e. The first-order valence-corrected chi connectivity index (χ1v) is 5.40. The van der Waals surface area contributed by atoms with Gasteiger partial charge in [0.15, 0.2) is 5.16 Å². The quantitative estimate of drug-likeness (QED) is 0.824. The van der Waals surface area contributed by atoms with Gasteiger partial charge in [0.25, 0.3) is 0 Å². The highest BCUT2D eigenvalue weighted by Gasteiger charge is 2.12. The van der Waals surface area contributed by atoms with E-state index in [1.807, 2.05) is 0 Å². The lowest BCUT2D eigenvalue weighted by molar-refractivity contribution is 0.0697. The Kier molecular flexibility index (Phi) is 2.96. The normalized spacial score (nSPS) is 10.4. The van der Waals surface area contributed by atoms with Gasteiger partial charge in [-0.2, -0.15) is 5.10 Å². The zero-order chi connectivity index (χ0) is 12.4. The Balaban J connectivity index is 2.32. The Morgan fingerprint density at radius 3 is 2.88 bits per heavy atom. The van der Waals surface area contributed by atoms with Crippen LogP contribution in [0, 0.1) is 0 Å². The van der Waals surface area contributed by atoms with E-state index in [1.165, 1.54) is 30.4 Å². The average Bonchev–Trinajstić information content (AvgIpc) is 2.67. The molecule has 0 saturated carbocycles. The Morgan fingerprint density at radius 2 is 2.29 bits per heavy atom. The smallest absolute Gasteiger partial charge is 0.337 e. The van der Waals surface area contributed by atoms with Gasteiger partial charge in [-0.25, -0.2) is 19.4 Å². The van der Waals surface area contributed by atoms with Crippen LogP contribution in [0.15, 0.2) is 28.8 Å². The summed E-state index contributed by atoms with van der Waals surface area (Å²) in [5.41, 5.74) is 5.68. The van der Waals surface area contributed by atoms with E-state index in [0.717, 1.165) is 0 Å². The van der Waals surface area contributed by atoms with Crippen LogP contribution in [-0.2, 0) is 7.05 Å². The summed E-state index contributed by atoms with van der Waals surface area (Å²) < 4.78 is 1.57. The van der Waals surface area contributed by atoms with Gasteiger partial charge in [0, 0.05) is 7.05 Å². The molecule has 7 nitrogen and oxygen atoms in total. The second-order valence-electron chi connectivity index (χ2n) is 3.18. The van der Waals surface area contributed by atoms with Crippen LogP contribution in [-0.4, -0.2) is 30.8 Å². The summed E-state index contributed by atoms with van der Waals surface area (Å²) in [7, 11) is 1.74. The van der Waals surface area contributed by atoms with Gasteiger partial charge < -0.3 is 10.8 Å². The molecule has 8 heteroatoms. The highest BCUT2D eigenvalue weighted by atomic mass is 32.2. The number of hydrogen-bond donors (Lipinski definition) is 2. The first-order valence-electron chi connectivity index (χ1n) is 4.58. The highest BCUT2D eigenvalue weighted by molar-refractivity contribution is 7.99. The lowest BCUT2D eigenvalue weighted by Gasteiger charge is -2.03. The van der Waals surface area contributed by atoms with Gasteiger partial charge in [0.05, 0.1) is 17.4 Å². The number of pyridine rings is 1. The molecule has 0 amide bonds. The van der Waals surface area contributed by atoms with Crippen LogP contribution in [0.5, 0.6) is 0 Å². The number of rotatable bonds is 3. The Hall–Kier alpha value is -2.09. The van der Waals surface area contributed by atoms with Crippen molar-refractivity contribution in [3.8, 4) is 0 Å². The van der Waals surface area contributed by atoms with Crippen molar-refractivity contribution in [2.75, 3.05) is 5.73 Å². The predicted octanol–water partition coefficient (Wildman–Crippen LogP) is 0.642. The number of aromatic carboxylic acids is 1. The first kappa shape index (κ1) is 11.4. The van der Waals surface area contributed by atoms with E-state index in [4.69, 9.17) is 10.8 Å². The molecule has 0 aliphatic heterocycles. The molecule has 0 fully saturated rings. The number of nitrogen functional groups attached to an aromatic ring is 1. The lowest BCUT2D eigenvalue weighted by atomic mass is 10.2. The number of carboxylic acids is 1. The van der Waals surface area contributed by atoms with Crippen LogP contribution in [0.3, 0.4) is 0 Å². The molecule has 0 bridgehead atoms. The van der Waals surface area contributed by atoms with Crippen molar-refractivity contribution in [2.45, 2.75) is 10.2 Å². The zero-order valence-corrected chi connectivity index (χ0v) is 9.68. The summed E-state index contributed by atoms with van der Waals surface area (Å²) >= 11 is 1.22. The predicted molar refractivity (Wildman–Crippen MR) is 60.7 cm³/mol. The summed E-state index contributed by atoms with van der Waals surface area (Å²) in [5.74, 6) is -1.08. The van der Waals surface area contributed by atoms with Crippen LogP contribution in [0.25, 0.3) is 0 Å². The topological polar surface area (TPSA) is 107 Å². The molecule has 2 rings (SSSR count). The summed E-state index contributed by atoms with van der Waals surface area (Å²) in [6, 6.07) is 1.41. The monoisotopic (exact) mass is 251 g/mol. The fourth-order valence-corrected chi connectivity index (χ4v) is 1.91. The molecule has 88 valence electrons. The number of carbonyl (C=O) groups is 1. The fraction of sp³-hybridized carbons (Fsp3) is 0.111. The van der Waals surface area contributed by atoms with E-state index in [0.29, 0.717) is 10.2 Å². The third kappa shape index (κ3) is 2.36. The second kappa shape index (κ2) is 4.42. The third-order valence-electron chi connectivity index (χ3n) is 2.01. The van der Waals surface area contributed by atoms with E-state index >= 15 is 0 Å². The van der Waals surface area contributed by atoms with E-state index in [1.54, 1.807) is 11.7 Å². The molecule has 0 unspecified atom stereocenters. The van der Waals surface area contributed by atoms with Crippen molar-refractivity contribution in [1.29, 1.82) is 0 Å². The molecule has 0 atom stereocenters. The second-order valence-corrected chi connectivity index (χ2v) is 4.17. The van der Waals surface area contributed by atoms with E-state index < -0.39 is 5.97 Å². The average molecular weight is 251 g/mol. The van der Waals surface area contributed by atoms with Crippen LogP contribution >= 0.6 is 11.8 Å². The van der Waals surface area contributed by atoms with Gasteiger partial charge in [-0.1, -0.05) is 0 Å². The number of anilines is 1. The maximum atomic E-state index is 10.9. The molecule has 2 heterocycles. The summed E-state index contributed by atoms with van der Waals surface area (Å²) in [6.07, 6.45) is 2.74. The molecule has 2 aromatic heterocycles. The fourth-order valence-electron chi connectivity index (χ4n) is 1.16. The molecule has 3 N–H and O–H groups in total. The Morgan fingerprint density at radius 1 is 1.53 bits per heavy atom. The Labute approximate surface area is 101 Å². The molecular weight excluding hydrogens is 242 g/mol. The van der Waals surface area contributed by atoms with Gasteiger partial charge >= 0.3 is 5.97 Å². The minimum Gasteiger partial charge on any atom is -0.478 e. The van der Waals surface area contributed by atoms with Crippen LogP contribution in [0.2, 0.25) is 0 Å². The molecule has 0 radical (unpaired) electrons. The number of aryl methyl sites for hydroxylation is 1. The standard InChI is InChI=1S/C9H9N5O2S/c1-14-9(12-4-13-14)17-7-2-5(8(15)16)6(10)3-11-7/h2-4H,10H2,1H3,(H,15,16). The van der Waals surface area contributed by atoms with Gasteiger partial charge in [0.1, 0.15) is 11.4 Å². The van der Waals surface area contributed by atoms with Crippen molar-refractivity contribution in [3.63, 3.8) is 0 Å². The van der Waals surface area contributed by atoms with Gasteiger partial charge in [-0.05, 0) is 17.8 Å². The van der Waals surface area contributed by atoms with Crippen molar-refractivity contribution in [2.24, 2.45) is 7.05 Å². The SMILES string of the molecule is Cn1ncnc1Sc1cc(C(=O)O)c(N)cn1. The molecule has 0 aliphatic rings. The molecule has 0 spiro atoms. The number of nitrogens with two attached hydrogens (primary N) is 1. The van der Waals surface area contributed by atoms with Crippen molar-refractivity contribution >= 4 is 23.4 Å². The van der Waals surface area contributed by atoms with E-state index in [2.05, 4.69) is 15.1 Å². The zero-order valence-electron chi connectivity index (χ0n) is 8.86. The van der Waals surface area contributed by atoms with Gasteiger partial charge in [-0.3, -0.25) is 0 Å². The van der Waals surface area contributed by atoms with Crippen molar-refractivity contribution in [1.82, 2.24) is 19.7 Å². The molecular formula is C9H9N5O2S. The van der Waals surface area contributed by atoms with Gasteiger partial charge in [-0.15, -0.1) is 0 Å². The van der Waals surface area contributed by atoms with Gasteiger partial charge in [0.2, 0.25) is 0 Å². The Bertz CT molecular complexity index is 568. The number of carboxylic acid groups (broad SMARTS) is 1. The van der Waals surface area contributed by atoms with Crippen molar-refractivity contribution < 1.29 is 9.90 Å². The summed E-state index contributed by atoms with van der Waals surface area (Å²) in [6.45, 7) is 0. The number of hydrogen-bond acceptors (Lipinski definition) is 6. The van der Waals surface area contributed by atoms with E-state index in [-0.39, 0.29) is 11.3 Å². The van der Waals surface area contributed by atoms with Crippen LogP contribution < -0.4 is 5.73 Å². The summed E-state index contributed by atoms with van der Waals surface area (Å²) in [4.78, 5) is 18.9. The summed E-state index contributed by atoms with van der Waals surface area (Å²) in [5, 5.41) is 14.0. The molecule has 2 aromatic rings. The minimum atomic E-state index is -1.08. The lowest BCUT2D eigenvalue weighted by Crippen LogP contribution is -2.03. The molecule has 0 aromatic carbocycles. The number of aromatic nitrogens is 4. The van der Waals surface area contributed by atoms with Crippen LogP contribution in [0.4, 0.5) is 5.69 Å². The maximum absolute atomic E-state index is 10.9. The molecule has 0 aliphatic carbocycles. The van der Waals surface area contributed by atoms with E-state index in [9.17, 15) is 4.79 Å². The molecule has 17 heavy (non-hydrogen) atoms. The maximum Gasteiger partial charge on any atom is 0.337 e. The van der Waals surface area contributed by atoms with Crippen molar-refractivity contribution in [3.05, 3.63) is 24.2 Å². The first-order chi connectivity index (χ1) is 8.08. The third-order valence-corrected chi connectivity index (χ3v) is 2.99. The molecule has 0 saturated heterocycles. The van der Waals surface area contributed by atoms with Crippen LogP contribution in [0.1, 0.15) is 10.4 Å².